The van der Waals surface area contributed by atoms with Crippen LogP contribution in [-0.2, 0) is 30.3 Å². The van der Waals surface area contributed by atoms with Crippen molar-refractivity contribution >= 4 is 5.90 Å². The lowest BCUT2D eigenvalue weighted by Gasteiger charge is -2.26. The maximum absolute atomic E-state index is 6.33. The predicted molar refractivity (Wildman–Crippen MR) is 106 cm³/mol. The molecule has 0 aromatic heterocycles. The maximum Gasteiger partial charge on any atom is 0.227 e. The lowest BCUT2D eigenvalue weighted by atomic mass is 10.0. The van der Waals surface area contributed by atoms with Gasteiger partial charge in [-0.2, -0.15) is 0 Å². The Bertz CT molecular complexity index is 869. The predicted octanol–water partition coefficient (Wildman–Crippen LogP) is 3.29. The highest BCUT2D eigenvalue weighted by atomic mass is 16.8. The van der Waals surface area contributed by atoms with Crippen LogP contribution in [0.25, 0.3) is 0 Å². The van der Waals surface area contributed by atoms with Crippen LogP contribution in [0.3, 0.4) is 0 Å². The zero-order valence-electron chi connectivity index (χ0n) is 16.6. The smallest absolute Gasteiger partial charge is 0.227 e. The van der Waals surface area contributed by atoms with Crippen LogP contribution in [0, 0.1) is 0 Å². The number of hydrogen-bond donors (Lipinski definition) is 0. The Balaban J connectivity index is 1.38. The molecule has 2 saturated heterocycles. The van der Waals surface area contributed by atoms with E-state index < -0.39 is 12.1 Å². The lowest BCUT2D eigenvalue weighted by Crippen LogP contribution is -2.42. The Morgan fingerprint density at radius 1 is 1.03 bits per heavy atom. The topological polar surface area (TPSA) is 58.5 Å². The zero-order chi connectivity index (χ0) is 19.8. The molecule has 2 fully saturated rings. The second-order valence-electron chi connectivity index (χ2n) is 8.01. The first-order valence-corrected chi connectivity index (χ1v) is 10.0. The first-order valence-electron chi connectivity index (χ1n) is 10.0. The van der Waals surface area contributed by atoms with Crippen molar-refractivity contribution in [2.75, 3.05) is 6.61 Å². The van der Waals surface area contributed by atoms with E-state index >= 15 is 0 Å². The number of ether oxygens (including phenoxy) is 5. The van der Waals surface area contributed by atoms with Crippen molar-refractivity contribution in [2.45, 2.75) is 56.9 Å². The molecule has 2 aromatic rings. The minimum atomic E-state index is -0.630. The average molecular weight is 395 g/mol. The van der Waals surface area contributed by atoms with Gasteiger partial charge in [0.05, 0.1) is 13.2 Å². The summed E-state index contributed by atoms with van der Waals surface area (Å²) in [6.07, 6.45) is -1.31. The number of nitrogens with zero attached hydrogens (tertiary/aromatic N) is 1. The first kappa shape index (κ1) is 18.8. The second-order valence-corrected chi connectivity index (χ2v) is 8.01. The molecule has 29 heavy (non-hydrogen) atoms. The molecule has 152 valence electrons. The molecule has 0 bridgehead atoms. The number of rotatable bonds is 5. The molecular formula is C23H25NO5. The maximum atomic E-state index is 6.33. The molecule has 3 aliphatic heterocycles. The molecule has 2 aromatic carbocycles. The molecule has 0 N–H and O–H groups in total. The van der Waals surface area contributed by atoms with Crippen molar-refractivity contribution in [1.82, 2.24) is 0 Å². The summed E-state index contributed by atoms with van der Waals surface area (Å²) >= 11 is 0. The fourth-order valence-electron chi connectivity index (χ4n) is 4.03. The van der Waals surface area contributed by atoms with Crippen LogP contribution in [0.4, 0.5) is 0 Å². The van der Waals surface area contributed by atoms with Crippen LogP contribution in [0.1, 0.15) is 25.0 Å². The normalized spacial score (nSPS) is 32.6. The van der Waals surface area contributed by atoms with E-state index in [9.17, 15) is 0 Å². The van der Waals surface area contributed by atoms with Crippen LogP contribution in [-0.4, -0.2) is 48.9 Å². The van der Waals surface area contributed by atoms with Gasteiger partial charge in [-0.05, 0) is 31.5 Å². The number of hydrogen-bond acceptors (Lipinski definition) is 6. The Labute approximate surface area is 170 Å². The third-order valence-electron chi connectivity index (χ3n) is 5.43. The van der Waals surface area contributed by atoms with Crippen LogP contribution in [0.5, 0.6) is 0 Å². The van der Waals surface area contributed by atoms with E-state index in [-0.39, 0.29) is 24.4 Å². The van der Waals surface area contributed by atoms with Crippen LogP contribution in [0.15, 0.2) is 65.7 Å². The Morgan fingerprint density at radius 3 is 2.45 bits per heavy atom. The molecule has 3 heterocycles. The molecule has 0 amide bonds. The summed E-state index contributed by atoms with van der Waals surface area (Å²) in [5.41, 5.74) is 2.04. The molecule has 0 spiro atoms. The van der Waals surface area contributed by atoms with Crippen LogP contribution in [0.2, 0.25) is 0 Å². The van der Waals surface area contributed by atoms with Gasteiger partial charge in [-0.1, -0.05) is 48.5 Å². The monoisotopic (exact) mass is 395 g/mol. The lowest BCUT2D eigenvalue weighted by molar-refractivity contribution is -0.175. The van der Waals surface area contributed by atoms with Gasteiger partial charge in [0.1, 0.15) is 24.4 Å². The standard InChI is InChI=1S/C23H25NO5/c1-23(2)26-14-17(29-23)19-20(25-13-15-9-5-3-6-10-15)18-22(27-19)28-21(24-18)16-11-7-4-8-12-16/h3-12,17-20,22H,13-14H2,1-2H3. The SMILES string of the molecule is CC1(C)OCC(C2OC3OC(c4ccccc4)=NC3C2OCc2ccccc2)O1. The average Bonchev–Trinajstić information content (AvgIpc) is 3.40. The molecule has 0 saturated carbocycles. The summed E-state index contributed by atoms with van der Waals surface area (Å²) < 4.78 is 30.4. The van der Waals surface area contributed by atoms with Gasteiger partial charge in [0.2, 0.25) is 12.2 Å². The Hall–Kier alpha value is -2.25. The highest BCUT2D eigenvalue weighted by Gasteiger charge is 2.55. The Morgan fingerprint density at radius 2 is 1.76 bits per heavy atom. The molecule has 5 rings (SSSR count). The van der Waals surface area contributed by atoms with Crippen molar-refractivity contribution in [3.8, 4) is 0 Å². The van der Waals surface area contributed by atoms with Gasteiger partial charge in [-0.15, -0.1) is 0 Å². The summed E-state index contributed by atoms with van der Waals surface area (Å²) in [6, 6.07) is 19.7. The molecule has 6 nitrogen and oxygen atoms in total. The minimum absolute atomic E-state index is 0.227. The molecular weight excluding hydrogens is 370 g/mol. The molecule has 5 atom stereocenters. The number of benzene rings is 2. The largest absolute Gasteiger partial charge is 0.445 e. The Kier molecular flexibility index (Phi) is 4.87. The van der Waals surface area contributed by atoms with Crippen LogP contribution < -0.4 is 0 Å². The summed E-state index contributed by atoms with van der Waals surface area (Å²) in [5.74, 6) is -0.0362. The highest BCUT2D eigenvalue weighted by molar-refractivity contribution is 5.95. The first-order chi connectivity index (χ1) is 14.1. The van der Waals surface area contributed by atoms with Crippen molar-refractivity contribution in [2.24, 2.45) is 4.99 Å². The number of aliphatic imine (C=N–C) groups is 1. The molecule has 0 aliphatic carbocycles. The third-order valence-corrected chi connectivity index (χ3v) is 5.43. The van der Waals surface area contributed by atoms with Gasteiger partial charge in [0, 0.05) is 5.56 Å². The van der Waals surface area contributed by atoms with Crippen molar-refractivity contribution in [3.05, 3.63) is 71.8 Å². The van der Waals surface area contributed by atoms with Crippen molar-refractivity contribution in [3.63, 3.8) is 0 Å². The van der Waals surface area contributed by atoms with Gasteiger partial charge in [-0.25, -0.2) is 4.99 Å². The van der Waals surface area contributed by atoms with E-state index in [0.717, 1.165) is 11.1 Å². The van der Waals surface area contributed by atoms with E-state index in [2.05, 4.69) is 0 Å². The highest BCUT2D eigenvalue weighted by Crippen LogP contribution is 2.38. The summed E-state index contributed by atoms with van der Waals surface area (Å²) in [6.45, 7) is 4.74. The van der Waals surface area contributed by atoms with Crippen molar-refractivity contribution < 1.29 is 23.7 Å². The molecule has 0 radical (unpaired) electrons. The van der Waals surface area contributed by atoms with Crippen LogP contribution >= 0.6 is 0 Å². The molecule has 6 heteroatoms. The van der Waals surface area contributed by atoms with E-state index in [1.54, 1.807) is 0 Å². The fourth-order valence-corrected chi connectivity index (χ4v) is 4.03. The van der Waals surface area contributed by atoms with E-state index in [4.69, 9.17) is 28.7 Å². The van der Waals surface area contributed by atoms with E-state index in [0.29, 0.717) is 19.1 Å². The summed E-state index contributed by atoms with van der Waals surface area (Å²) in [5, 5.41) is 0. The summed E-state index contributed by atoms with van der Waals surface area (Å²) in [4.78, 5) is 4.82. The molecule has 5 unspecified atom stereocenters. The number of fused-ring (bicyclic) bond motifs is 1. The van der Waals surface area contributed by atoms with Gasteiger partial charge in [0.15, 0.2) is 5.79 Å². The third kappa shape index (κ3) is 3.81. The van der Waals surface area contributed by atoms with Crippen molar-refractivity contribution in [1.29, 1.82) is 0 Å². The fraction of sp³-hybridized carbons (Fsp3) is 0.435. The summed E-state index contributed by atoms with van der Waals surface area (Å²) in [7, 11) is 0. The van der Waals surface area contributed by atoms with E-state index in [1.165, 1.54) is 0 Å². The minimum Gasteiger partial charge on any atom is -0.445 e. The van der Waals surface area contributed by atoms with Gasteiger partial charge in [0.25, 0.3) is 0 Å². The molecule has 3 aliphatic rings. The van der Waals surface area contributed by atoms with E-state index in [1.807, 2.05) is 74.5 Å². The van der Waals surface area contributed by atoms with Gasteiger partial charge in [-0.3, -0.25) is 0 Å². The van der Waals surface area contributed by atoms with Gasteiger partial charge >= 0.3 is 0 Å². The zero-order valence-corrected chi connectivity index (χ0v) is 16.6. The second kappa shape index (κ2) is 7.54. The van der Waals surface area contributed by atoms with Gasteiger partial charge < -0.3 is 23.7 Å². The quantitative estimate of drug-likeness (QED) is 0.778.